The third-order valence-electron chi connectivity index (χ3n) is 1.93. The zero-order valence-electron chi connectivity index (χ0n) is 7.34. The van der Waals surface area contributed by atoms with Gasteiger partial charge in [-0.1, -0.05) is 49.8 Å². The second kappa shape index (κ2) is 5.04. The van der Waals surface area contributed by atoms with E-state index >= 15 is 0 Å². The van der Waals surface area contributed by atoms with Crippen molar-refractivity contribution in [2.75, 3.05) is 0 Å². The summed E-state index contributed by atoms with van der Waals surface area (Å²) in [6, 6.07) is 8.22. The van der Waals surface area contributed by atoms with Crippen molar-refractivity contribution in [2.45, 2.75) is 26.2 Å². The second-order valence-electron chi connectivity index (χ2n) is 2.86. The van der Waals surface area contributed by atoms with Gasteiger partial charge in [0.1, 0.15) is 0 Å². The molecule has 0 unspecified atom stereocenters. The van der Waals surface area contributed by atoms with Crippen LogP contribution in [0.4, 0.5) is 0 Å². The van der Waals surface area contributed by atoms with Crippen LogP contribution in [0.2, 0.25) is 0 Å². The van der Waals surface area contributed by atoms with Crippen molar-refractivity contribution in [3.05, 3.63) is 35.4 Å². The second-order valence-corrected chi connectivity index (χ2v) is 3.07. The summed E-state index contributed by atoms with van der Waals surface area (Å²) >= 11 is 4.81. The molecule has 0 aliphatic heterocycles. The van der Waals surface area contributed by atoms with Gasteiger partial charge in [0.15, 0.2) is 0 Å². The minimum atomic E-state index is 1.08. The van der Waals surface area contributed by atoms with Crippen molar-refractivity contribution in [2.24, 2.45) is 0 Å². The molecule has 0 saturated carbocycles. The van der Waals surface area contributed by atoms with E-state index in [0.717, 1.165) is 12.0 Å². The van der Waals surface area contributed by atoms with Crippen molar-refractivity contribution in [1.29, 1.82) is 0 Å². The highest BCUT2D eigenvalue weighted by Gasteiger charge is 1.97. The van der Waals surface area contributed by atoms with Crippen LogP contribution in [0.5, 0.6) is 0 Å². The van der Waals surface area contributed by atoms with E-state index in [-0.39, 0.29) is 0 Å². The van der Waals surface area contributed by atoms with Crippen LogP contribution in [0.15, 0.2) is 24.3 Å². The van der Waals surface area contributed by atoms with Crippen LogP contribution in [0.3, 0.4) is 0 Å². The van der Waals surface area contributed by atoms with Gasteiger partial charge in [0.05, 0.1) is 5.37 Å². The first-order chi connectivity index (χ1) is 5.88. The van der Waals surface area contributed by atoms with Crippen LogP contribution < -0.4 is 0 Å². The lowest BCUT2D eigenvalue weighted by molar-refractivity contribution is 0.794. The minimum absolute atomic E-state index is 1.08. The van der Waals surface area contributed by atoms with E-state index < -0.39 is 0 Å². The van der Waals surface area contributed by atoms with E-state index in [0.29, 0.717) is 0 Å². The fourth-order valence-corrected chi connectivity index (χ4v) is 1.40. The van der Waals surface area contributed by atoms with Crippen LogP contribution in [0.25, 0.3) is 0 Å². The highest BCUT2D eigenvalue weighted by atomic mass is 32.1. The van der Waals surface area contributed by atoms with Gasteiger partial charge in [0.2, 0.25) is 0 Å². The quantitative estimate of drug-likeness (QED) is 0.636. The first-order valence-electron chi connectivity index (χ1n) is 4.34. The molecule has 1 aromatic carbocycles. The van der Waals surface area contributed by atoms with Gasteiger partial charge in [0.25, 0.3) is 0 Å². The number of thiocarbonyl (C=S) groups is 1. The summed E-state index contributed by atoms with van der Waals surface area (Å²) in [4.78, 5) is 0. The van der Waals surface area contributed by atoms with Gasteiger partial charge in [-0.05, 0) is 24.0 Å². The normalized spacial score (nSPS) is 9.75. The molecule has 1 rings (SSSR count). The monoisotopic (exact) mass is 177 g/mol. The molecule has 0 aromatic heterocycles. The van der Waals surface area contributed by atoms with Gasteiger partial charge in [-0.3, -0.25) is 0 Å². The van der Waals surface area contributed by atoms with Crippen molar-refractivity contribution in [3.63, 3.8) is 0 Å². The van der Waals surface area contributed by atoms with E-state index in [9.17, 15) is 0 Å². The Morgan fingerprint density at radius 1 is 1.33 bits per heavy atom. The molecule has 1 aromatic rings. The van der Waals surface area contributed by atoms with E-state index in [4.69, 9.17) is 12.2 Å². The van der Waals surface area contributed by atoms with Crippen LogP contribution >= 0.6 is 12.2 Å². The number of unbranched alkanes of at least 4 members (excludes halogenated alkanes) is 1. The molecule has 63 valence electrons. The standard InChI is InChI=1S/C11H13S/c1-2-3-6-10-7-4-5-8-11(10)9-12/h4-5,7-8H,2-3,6H2,1H3. The van der Waals surface area contributed by atoms with Crippen LogP contribution in [-0.4, -0.2) is 5.37 Å². The van der Waals surface area contributed by atoms with Crippen LogP contribution in [-0.2, 0) is 6.42 Å². The fraction of sp³-hybridized carbons (Fsp3) is 0.364. The molecular weight excluding hydrogens is 164 g/mol. The molecule has 0 fully saturated rings. The Balaban J connectivity index is 2.75. The summed E-state index contributed by atoms with van der Waals surface area (Å²) in [6.45, 7) is 2.20. The molecule has 0 aliphatic carbocycles. The van der Waals surface area contributed by atoms with Gasteiger partial charge in [-0.15, -0.1) is 0 Å². The number of benzene rings is 1. The van der Waals surface area contributed by atoms with Crippen LogP contribution in [0.1, 0.15) is 30.9 Å². The summed E-state index contributed by atoms with van der Waals surface area (Å²) in [7, 11) is 0. The Hall–Kier alpha value is -0.690. The van der Waals surface area contributed by atoms with E-state index in [1.54, 1.807) is 0 Å². The maximum atomic E-state index is 4.81. The predicted molar refractivity (Wildman–Crippen MR) is 56.8 cm³/mol. The first-order valence-corrected chi connectivity index (χ1v) is 4.75. The summed E-state index contributed by atoms with van der Waals surface area (Å²) < 4.78 is 0. The van der Waals surface area contributed by atoms with E-state index in [1.807, 2.05) is 12.1 Å². The van der Waals surface area contributed by atoms with Gasteiger partial charge in [-0.2, -0.15) is 0 Å². The zero-order valence-corrected chi connectivity index (χ0v) is 8.16. The molecular formula is C11H13S. The molecule has 0 saturated heterocycles. The largest absolute Gasteiger partial charge is 0.0778 e. The molecule has 1 radical (unpaired) electrons. The lowest BCUT2D eigenvalue weighted by Gasteiger charge is -2.02. The topological polar surface area (TPSA) is 0 Å². The molecule has 0 heterocycles. The zero-order chi connectivity index (χ0) is 8.81. The Morgan fingerprint density at radius 3 is 2.75 bits per heavy atom. The average molecular weight is 177 g/mol. The van der Waals surface area contributed by atoms with Crippen molar-refractivity contribution in [3.8, 4) is 0 Å². The maximum Gasteiger partial charge on any atom is 0.0639 e. The summed E-state index contributed by atoms with van der Waals surface area (Å²) in [6.07, 6.45) is 3.58. The molecule has 0 N–H and O–H groups in total. The lowest BCUT2D eigenvalue weighted by Crippen LogP contribution is -1.91. The number of hydrogen-bond acceptors (Lipinski definition) is 1. The average Bonchev–Trinajstić information content (AvgIpc) is 2.15. The Bertz CT molecular complexity index is 253. The van der Waals surface area contributed by atoms with Crippen molar-refractivity contribution >= 4 is 17.6 Å². The first kappa shape index (κ1) is 9.40. The van der Waals surface area contributed by atoms with Gasteiger partial charge >= 0.3 is 0 Å². The minimum Gasteiger partial charge on any atom is -0.0778 e. The molecule has 1 heteroatoms. The molecule has 0 nitrogen and oxygen atoms in total. The maximum absolute atomic E-state index is 4.81. The Morgan fingerprint density at radius 2 is 2.08 bits per heavy atom. The van der Waals surface area contributed by atoms with Gasteiger partial charge in [0, 0.05) is 0 Å². The predicted octanol–water partition coefficient (Wildman–Crippen LogP) is 3.25. The number of aryl methyl sites for hydroxylation is 1. The lowest BCUT2D eigenvalue weighted by atomic mass is 10.0. The van der Waals surface area contributed by atoms with E-state index in [1.165, 1.54) is 18.4 Å². The van der Waals surface area contributed by atoms with Crippen molar-refractivity contribution < 1.29 is 0 Å². The summed E-state index contributed by atoms with van der Waals surface area (Å²) in [5.41, 5.74) is 2.41. The van der Waals surface area contributed by atoms with Crippen molar-refractivity contribution in [1.82, 2.24) is 0 Å². The Labute approximate surface area is 79.6 Å². The number of rotatable bonds is 4. The number of hydrogen-bond donors (Lipinski definition) is 0. The Kier molecular flexibility index (Phi) is 3.95. The third kappa shape index (κ3) is 2.42. The molecule has 0 aliphatic rings. The molecule has 0 amide bonds. The highest BCUT2D eigenvalue weighted by Crippen LogP contribution is 2.09. The molecule has 0 spiro atoms. The summed E-state index contributed by atoms with van der Waals surface area (Å²) in [5.74, 6) is 0. The SMILES string of the molecule is CCCCc1ccccc1[C]=S. The van der Waals surface area contributed by atoms with Gasteiger partial charge < -0.3 is 0 Å². The smallest absolute Gasteiger partial charge is 0.0639 e. The van der Waals surface area contributed by atoms with Crippen LogP contribution in [0, 0.1) is 0 Å². The molecule has 0 atom stereocenters. The van der Waals surface area contributed by atoms with E-state index in [2.05, 4.69) is 24.4 Å². The van der Waals surface area contributed by atoms with Gasteiger partial charge in [-0.25, -0.2) is 0 Å². The third-order valence-corrected chi connectivity index (χ3v) is 2.15. The molecule has 0 bridgehead atoms. The molecule has 12 heavy (non-hydrogen) atoms. The highest BCUT2D eigenvalue weighted by molar-refractivity contribution is 7.79. The summed E-state index contributed by atoms with van der Waals surface area (Å²) in [5, 5.41) is 2.79. The fourth-order valence-electron chi connectivity index (χ4n) is 1.21.